The van der Waals surface area contributed by atoms with E-state index < -0.39 is 58.2 Å². The maximum Gasteiger partial charge on any atom is 0.418 e. The average molecular weight is 435 g/mol. The van der Waals surface area contributed by atoms with Crippen LogP contribution in [0.15, 0.2) is 12.1 Å². The molecule has 164 valence electrons. The Bertz CT molecular complexity index is 1080. The van der Waals surface area contributed by atoms with Crippen molar-refractivity contribution in [1.29, 1.82) is 5.26 Å². The third-order valence-electron chi connectivity index (χ3n) is 6.79. The normalized spacial score (nSPS) is 34.1. The molecule has 0 radical (unpaired) electrons. The van der Waals surface area contributed by atoms with Gasteiger partial charge >= 0.3 is 6.18 Å². The van der Waals surface area contributed by atoms with Crippen LogP contribution >= 0.6 is 0 Å². The monoisotopic (exact) mass is 435 g/mol. The number of amides is 3. The van der Waals surface area contributed by atoms with Crippen LogP contribution in [-0.4, -0.2) is 35.0 Å². The summed E-state index contributed by atoms with van der Waals surface area (Å²) in [6, 6.07) is 3.16. The van der Waals surface area contributed by atoms with Crippen LogP contribution in [0.4, 0.5) is 18.9 Å². The van der Waals surface area contributed by atoms with Crippen LogP contribution in [0.25, 0.3) is 0 Å². The molecule has 3 heterocycles. The highest BCUT2D eigenvalue weighted by Gasteiger charge is 2.76. The minimum absolute atomic E-state index is 0.196. The number of carbonyl (C=O) groups is 3. The van der Waals surface area contributed by atoms with Crippen molar-refractivity contribution in [1.82, 2.24) is 5.32 Å². The van der Waals surface area contributed by atoms with Crippen molar-refractivity contribution in [2.24, 2.45) is 11.8 Å². The second kappa shape index (κ2) is 6.29. The first-order chi connectivity index (χ1) is 14.3. The number of nitrogens with zero attached hydrogens (tertiary/aromatic N) is 2. The second-order valence-electron chi connectivity index (χ2n) is 8.76. The van der Waals surface area contributed by atoms with Crippen LogP contribution in [-0.2, 0) is 25.3 Å². The molecular formula is C21H20F3N3O4. The van der Waals surface area contributed by atoms with E-state index in [0.29, 0.717) is 6.42 Å². The lowest BCUT2D eigenvalue weighted by atomic mass is 9.66. The van der Waals surface area contributed by atoms with Gasteiger partial charge in [0.1, 0.15) is 0 Å². The summed E-state index contributed by atoms with van der Waals surface area (Å²) >= 11 is 0. The maximum absolute atomic E-state index is 13.6. The smallest absolute Gasteiger partial charge is 0.365 e. The van der Waals surface area contributed by atoms with E-state index in [-0.39, 0.29) is 17.2 Å². The summed E-state index contributed by atoms with van der Waals surface area (Å²) in [6.45, 7) is 5.80. The van der Waals surface area contributed by atoms with Gasteiger partial charge < -0.3 is 10.1 Å². The second-order valence-corrected chi connectivity index (χ2v) is 8.76. The average Bonchev–Trinajstić information content (AvgIpc) is 3.15. The summed E-state index contributed by atoms with van der Waals surface area (Å²) in [6.07, 6.45) is -4.53. The first-order valence-corrected chi connectivity index (χ1v) is 9.72. The number of imide groups is 1. The van der Waals surface area contributed by atoms with E-state index in [0.717, 1.165) is 17.9 Å². The molecule has 1 N–H and O–H groups in total. The lowest BCUT2D eigenvalue weighted by Gasteiger charge is -2.35. The molecular weight excluding hydrogens is 415 g/mol. The van der Waals surface area contributed by atoms with Gasteiger partial charge in [0.2, 0.25) is 17.7 Å². The summed E-state index contributed by atoms with van der Waals surface area (Å²) in [5.41, 5.74) is -4.52. The number of nitriles is 1. The summed E-state index contributed by atoms with van der Waals surface area (Å²) in [5, 5.41) is 11.9. The molecule has 4 rings (SSSR count). The first-order valence-electron chi connectivity index (χ1n) is 9.72. The van der Waals surface area contributed by atoms with Crippen LogP contribution in [0, 0.1) is 30.1 Å². The molecule has 0 spiro atoms. The zero-order valence-corrected chi connectivity index (χ0v) is 17.3. The Morgan fingerprint density at radius 1 is 1.26 bits per heavy atom. The highest BCUT2D eigenvalue weighted by atomic mass is 19.4. The molecule has 1 aromatic rings. The van der Waals surface area contributed by atoms with Crippen molar-refractivity contribution in [3.63, 3.8) is 0 Å². The Labute approximate surface area is 176 Å². The third kappa shape index (κ3) is 2.72. The summed E-state index contributed by atoms with van der Waals surface area (Å²) in [4.78, 5) is 39.1. The minimum Gasteiger partial charge on any atom is -0.365 e. The fraction of sp³-hybridized carbons (Fsp3) is 0.524. The van der Waals surface area contributed by atoms with Gasteiger partial charge in [0.05, 0.1) is 52.0 Å². The quantitative estimate of drug-likeness (QED) is 0.720. The van der Waals surface area contributed by atoms with Gasteiger partial charge in [-0.15, -0.1) is 0 Å². The van der Waals surface area contributed by atoms with E-state index in [2.05, 4.69) is 5.32 Å². The first kappa shape index (κ1) is 21.3. The number of ether oxygens (including phenoxy) is 1. The Hall–Kier alpha value is -2.93. The zero-order chi connectivity index (χ0) is 23.1. The van der Waals surface area contributed by atoms with Crippen LogP contribution in [0.3, 0.4) is 0 Å². The Kier molecular flexibility index (Phi) is 4.33. The topological polar surface area (TPSA) is 99.5 Å². The fourth-order valence-corrected chi connectivity index (χ4v) is 5.63. The zero-order valence-electron chi connectivity index (χ0n) is 17.3. The number of carbonyl (C=O) groups excluding carboxylic acids is 3. The van der Waals surface area contributed by atoms with E-state index in [9.17, 15) is 27.6 Å². The van der Waals surface area contributed by atoms with Crippen molar-refractivity contribution in [2.45, 2.75) is 57.5 Å². The highest BCUT2D eigenvalue weighted by Crippen LogP contribution is 2.61. The molecule has 3 aliphatic rings. The van der Waals surface area contributed by atoms with Crippen molar-refractivity contribution in [2.75, 3.05) is 4.90 Å². The van der Waals surface area contributed by atoms with Crippen molar-refractivity contribution >= 4 is 23.4 Å². The van der Waals surface area contributed by atoms with Gasteiger partial charge in [0.15, 0.2) is 0 Å². The Morgan fingerprint density at radius 2 is 1.87 bits per heavy atom. The highest BCUT2D eigenvalue weighted by molar-refractivity contribution is 6.23. The number of hydrogen-bond donors (Lipinski definition) is 1. The number of benzene rings is 1. The van der Waals surface area contributed by atoms with Crippen molar-refractivity contribution < 1.29 is 32.3 Å². The molecule has 3 fully saturated rings. The summed E-state index contributed by atoms with van der Waals surface area (Å²) in [7, 11) is 0. The predicted molar refractivity (Wildman–Crippen MR) is 100 cm³/mol. The van der Waals surface area contributed by atoms with Crippen molar-refractivity contribution in [3.8, 4) is 6.07 Å². The largest absolute Gasteiger partial charge is 0.418 e. The van der Waals surface area contributed by atoms with Crippen molar-refractivity contribution in [3.05, 3.63) is 28.8 Å². The molecule has 5 atom stereocenters. The van der Waals surface area contributed by atoms with E-state index in [1.165, 1.54) is 19.1 Å². The number of rotatable bonds is 2. The van der Waals surface area contributed by atoms with Gasteiger partial charge in [-0.05, 0) is 44.9 Å². The van der Waals surface area contributed by atoms with Crippen LogP contribution in [0.2, 0.25) is 0 Å². The fourth-order valence-electron chi connectivity index (χ4n) is 5.63. The lowest BCUT2D eigenvalue weighted by Crippen LogP contribution is -2.56. The lowest BCUT2D eigenvalue weighted by molar-refractivity contribution is -0.138. The molecule has 0 aromatic heterocycles. The predicted octanol–water partition coefficient (Wildman–Crippen LogP) is 2.45. The minimum atomic E-state index is -4.83. The molecule has 3 saturated heterocycles. The third-order valence-corrected chi connectivity index (χ3v) is 6.79. The van der Waals surface area contributed by atoms with Gasteiger partial charge in [0.25, 0.3) is 0 Å². The standard InChI is InChI=1S/C21H20F3N3O4/c1-9-12(6-5-11(8-25)14(9)21(22,23)24)27-17(29)15-16(18(27)30)20(4)13(26-10(2)28)7-19(15,3)31-20/h5-6,13,15-16H,7H2,1-4H3,(H,26,28)/t13-,15-,16+,19-,20+/m1/s1. The molecule has 0 saturated carbocycles. The molecule has 3 amide bonds. The number of fused-ring (bicyclic) bond motifs is 5. The van der Waals surface area contributed by atoms with Gasteiger partial charge in [-0.25, -0.2) is 4.90 Å². The van der Waals surface area contributed by atoms with Gasteiger partial charge in [-0.2, -0.15) is 18.4 Å². The van der Waals surface area contributed by atoms with Gasteiger partial charge in [-0.1, -0.05) is 0 Å². The summed E-state index contributed by atoms with van der Waals surface area (Å²) in [5.74, 6) is -3.44. The molecule has 10 heteroatoms. The summed E-state index contributed by atoms with van der Waals surface area (Å²) < 4.78 is 46.9. The Morgan fingerprint density at radius 3 is 2.42 bits per heavy atom. The number of hydrogen-bond acceptors (Lipinski definition) is 5. The molecule has 0 aliphatic carbocycles. The number of alkyl halides is 3. The molecule has 3 aliphatic heterocycles. The maximum atomic E-state index is 13.6. The molecule has 7 nitrogen and oxygen atoms in total. The molecule has 0 unspecified atom stereocenters. The van der Waals surface area contributed by atoms with E-state index in [1.54, 1.807) is 13.8 Å². The van der Waals surface area contributed by atoms with Crippen LogP contribution < -0.4 is 10.2 Å². The Balaban J connectivity index is 1.82. The molecule has 1 aromatic carbocycles. The number of anilines is 1. The number of halogens is 3. The van der Waals surface area contributed by atoms with Gasteiger partial charge in [0, 0.05) is 6.92 Å². The molecule has 2 bridgehead atoms. The van der Waals surface area contributed by atoms with Crippen LogP contribution in [0.1, 0.15) is 43.9 Å². The van der Waals surface area contributed by atoms with E-state index >= 15 is 0 Å². The molecule has 31 heavy (non-hydrogen) atoms. The SMILES string of the molecule is CC(=O)N[C@@H]1C[C@@]2(C)O[C@]1(C)[C@@H]1C(=O)N(c3ccc(C#N)c(C(F)(F)F)c3C)C(=O)[C@@H]12. The van der Waals surface area contributed by atoms with Crippen LogP contribution in [0.5, 0.6) is 0 Å². The van der Waals surface area contributed by atoms with E-state index in [1.807, 2.05) is 0 Å². The number of nitrogens with one attached hydrogen (secondary N) is 1. The van der Waals surface area contributed by atoms with Gasteiger partial charge in [-0.3, -0.25) is 14.4 Å². The van der Waals surface area contributed by atoms with E-state index in [4.69, 9.17) is 10.00 Å².